The number of carbonyl (C=O) groups is 2. The maximum Gasteiger partial charge on any atom is 0.220 e. The predicted octanol–water partition coefficient (Wildman–Crippen LogP) is 11.5. The van der Waals surface area contributed by atoms with Gasteiger partial charge in [0.1, 0.15) is 0 Å². The van der Waals surface area contributed by atoms with Crippen LogP contribution in [0, 0.1) is 11.3 Å². The van der Waals surface area contributed by atoms with Crippen molar-refractivity contribution < 1.29 is 31.2 Å². The predicted molar refractivity (Wildman–Crippen MR) is 242 cm³/mol. The van der Waals surface area contributed by atoms with Crippen molar-refractivity contribution in [2.24, 2.45) is 0 Å². The van der Waals surface area contributed by atoms with Gasteiger partial charge in [0.25, 0.3) is 0 Å². The monoisotopic (exact) mass is 839 g/mol. The van der Waals surface area contributed by atoms with Crippen LogP contribution < -0.4 is 10.6 Å². The fourth-order valence-corrected chi connectivity index (χ4v) is 7.28. The zero-order valence-corrected chi connectivity index (χ0v) is 38.8. The fourth-order valence-electron chi connectivity index (χ4n) is 7.00. The molecule has 0 radical (unpaired) electrons. The van der Waals surface area contributed by atoms with Crippen LogP contribution in [0.3, 0.4) is 0 Å². The van der Waals surface area contributed by atoms with E-state index in [-0.39, 0.29) is 18.4 Å². The van der Waals surface area contributed by atoms with Crippen LogP contribution in [0.4, 0.5) is 0 Å². The summed E-state index contributed by atoms with van der Waals surface area (Å²) in [6.45, 7) is 12.5. The molecule has 0 atom stereocenters. The number of rotatable bonds is 41. The molecule has 0 aliphatic carbocycles. The average molecular weight is 839 g/mol. The highest BCUT2D eigenvalue weighted by atomic mass is 32.3. The second-order valence-electron chi connectivity index (χ2n) is 15.9. The van der Waals surface area contributed by atoms with Crippen molar-refractivity contribution in [3.8, 4) is 6.07 Å². The van der Waals surface area contributed by atoms with E-state index in [9.17, 15) is 27.8 Å². The van der Waals surface area contributed by atoms with Gasteiger partial charge in [-0.1, -0.05) is 141 Å². The molecule has 0 fully saturated rings. The number of nitriles is 1. The Bertz CT molecular complexity index is 1080. The first-order valence-electron chi connectivity index (χ1n) is 23.7. The molecular weight excluding hydrogens is 749 g/mol. The smallest absolute Gasteiger partial charge is 0.220 e. The van der Waals surface area contributed by atoms with Gasteiger partial charge in [0.15, 0.2) is 0 Å². The number of hydrogen-bond donors (Lipinski definition) is 2. The van der Waals surface area contributed by atoms with Crippen molar-refractivity contribution in [3.05, 3.63) is 24.3 Å². The lowest BCUT2D eigenvalue weighted by Crippen LogP contribution is -2.55. The van der Waals surface area contributed by atoms with E-state index in [0.29, 0.717) is 32.4 Å². The molecule has 0 aromatic rings. The third-order valence-corrected chi connectivity index (χ3v) is 11.3. The molecule has 2 N–H and O–H groups in total. The first-order valence-corrected chi connectivity index (χ1v) is 25.1. The van der Waals surface area contributed by atoms with Crippen LogP contribution in [-0.2, 0) is 24.2 Å². The number of nitrogens with one attached hydrogen (secondary N) is 2. The molecule has 0 aliphatic rings. The van der Waals surface area contributed by atoms with Crippen LogP contribution in [0.15, 0.2) is 24.3 Å². The minimum Gasteiger partial charge on any atom is -0.726 e. The highest BCUT2D eigenvalue weighted by Crippen LogP contribution is 2.12. The molecule has 58 heavy (non-hydrogen) atoms. The van der Waals surface area contributed by atoms with Crippen molar-refractivity contribution in [2.75, 3.05) is 45.9 Å². The highest BCUT2D eigenvalue weighted by molar-refractivity contribution is 7.80. The number of hydrogen-bond acceptors (Lipinski definition) is 7. The van der Waals surface area contributed by atoms with Crippen LogP contribution in [0.5, 0.6) is 0 Å². The largest absolute Gasteiger partial charge is 0.726 e. The molecule has 0 aliphatic heterocycles. The summed E-state index contributed by atoms with van der Waals surface area (Å²) < 4.78 is 32.8. The van der Waals surface area contributed by atoms with E-state index in [1.807, 2.05) is 0 Å². The summed E-state index contributed by atoms with van der Waals surface area (Å²) in [5.41, 5.74) is 0. The molecule has 11 heteroatoms. The van der Waals surface area contributed by atoms with Gasteiger partial charge < -0.3 is 19.7 Å². The SMILES string of the molecule is CCCCCCCC/C=C/CCCCCCCC(=O)NCC[N+](CC)(CCC#N)CCNC(=O)CCCCCCC/C=C/CCCCCCCC.CCOS(=O)(=O)[O-]. The van der Waals surface area contributed by atoms with E-state index in [4.69, 9.17) is 0 Å². The Kier molecular flexibility index (Phi) is 44.2. The molecule has 0 heterocycles. The molecule has 0 saturated carbocycles. The van der Waals surface area contributed by atoms with E-state index in [2.05, 4.69) is 66.0 Å². The second-order valence-corrected chi connectivity index (χ2v) is 17.0. The summed E-state index contributed by atoms with van der Waals surface area (Å²) in [6.07, 6.45) is 43.8. The maximum absolute atomic E-state index is 12.5. The maximum atomic E-state index is 12.5. The Labute approximate surface area is 358 Å². The first-order chi connectivity index (χ1) is 28.1. The number of amides is 2. The Morgan fingerprint density at radius 1 is 0.569 bits per heavy atom. The van der Waals surface area contributed by atoms with Crippen molar-refractivity contribution >= 4 is 22.2 Å². The summed E-state index contributed by atoms with van der Waals surface area (Å²) in [6, 6.07) is 2.30. The van der Waals surface area contributed by atoms with Crippen molar-refractivity contribution in [1.82, 2.24) is 10.6 Å². The minimum absolute atomic E-state index is 0.0914. The van der Waals surface area contributed by atoms with Crippen LogP contribution in [0.25, 0.3) is 0 Å². The highest BCUT2D eigenvalue weighted by Gasteiger charge is 2.25. The molecule has 0 aromatic carbocycles. The zero-order chi connectivity index (χ0) is 43.3. The van der Waals surface area contributed by atoms with Gasteiger partial charge in [-0.3, -0.25) is 13.8 Å². The molecule has 0 bridgehead atoms. The summed E-state index contributed by atoms with van der Waals surface area (Å²) >= 11 is 0. The number of unbranched alkanes of at least 4 members (excludes halogenated alkanes) is 22. The third kappa shape index (κ3) is 44.8. The van der Waals surface area contributed by atoms with Gasteiger partial charge >= 0.3 is 0 Å². The quantitative estimate of drug-likeness (QED) is 0.0205. The molecule has 0 spiro atoms. The molecule has 0 aromatic heterocycles. The zero-order valence-electron chi connectivity index (χ0n) is 38.0. The third-order valence-electron chi connectivity index (χ3n) is 10.8. The number of quaternary nitrogens is 1. The number of nitrogens with zero attached hydrogens (tertiary/aromatic N) is 2. The number of carbonyl (C=O) groups excluding carboxylic acids is 2. The fraction of sp³-hybridized carbons (Fsp3) is 0.851. The average Bonchev–Trinajstić information content (AvgIpc) is 3.19. The van der Waals surface area contributed by atoms with E-state index in [0.717, 1.165) is 56.3 Å². The van der Waals surface area contributed by atoms with Gasteiger partial charge in [-0.15, -0.1) is 0 Å². The second kappa shape index (κ2) is 44.3. The molecule has 340 valence electrons. The van der Waals surface area contributed by atoms with Crippen LogP contribution in [-0.4, -0.2) is 75.1 Å². The number of likely N-dealkylation sites (N-methyl/N-ethyl adjacent to an activating group) is 1. The van der Waals surface area contributed by atoms with Crippen molar-refractivity contribution in [3.63, 3.8) is 0 Å². The van der Waals surface area contributed by atoms with E-state index in [1.165, 1.54) is 148 Å². The molecule has 10 nitrogen and oxygen atoms in total. The Morgan fingerprint density at radius 2 is 0.914 bits per heavy atom. The lowest BCUT2D eigenvalue weighted by molar-refractivity contribution is -0.923. The Hall–Kier alpha value is -2.26. The van der Waals surface area contributed by atoms with Gasteiger partial charge in [-0.2, -0.15) is 5.26 Å². The Balaban J connectivity index is 0. The lowest BCUT2D eigenvalue weighted by atomic mass is 10.1. The topological polar surface area (TPSA) is 148 Å². The summed E-state index contributed by atoms with van der Waals surface area (Å²) in [7, 11) is -4.42. The molecule has 0 unspecified atom stereocenters. The van der Waals surface area contributed by atoms with Gasteiger partial charge in [0.2, 0.25) is 22.2 Å². The molecular formula is C47H90N4O6S. The van der Waals surface area contributed by atoms with Crippen LogP contribution in [0.2, 0.25) is 0 Å². The van der Waals surface area contributed by atoms with Gasteiger partial charge in [0, 0.05) is 12.8 Å². The van der Waals surface area contributed by atoms with Gasteiger partial charge in [0.05, 0.1) is 58.4 Å². The summed E-state index contributed by atoms with van der Waals surface area (Å²) in [5.74, 6) is 0.269. The normalized spacial score (nSPS) is 11.8. The molecule has 0 saturated heterocycles. The van der Waals surface area contributed by atoms with Crippen molar-refractivity contribution in [1.29, 1.82) is 5.26 Å². The van der Waals surface area contributed by atoms with E-state index < -0.39 is 10.4 Å². The van der Waals surface area contributed by atoms with Gasteiger partial charge in [-0.05, 0) is 78.1 Å². The molecule has 0 rings (SSSR count). The summed E-state index contributed by atoms with van der Waals surface area (Å²) in [5, 5.41) is 15.5. The molecule has 2 amide bonds. The summed E-state index contributed by atoms with van der Waals surface area (Å²) in [4.78, 5) is 25.0. The lowest BCUT2D eigenvalue weighted by Gasteiger charge is -2.37. The van der Waals surface area contributed by atoms with Crippen molar-refractivity contribution in [2.45, 2.75) is 214 Å². The van der Waals surface area contributed by atoms with E-state index >= 15 is 0 Å². The standard InChI is InChI=1S/C45H84N4O2.C2H6O4S/c1-4-7-9-11-13-15-17-19-21-23-25-27-29-31-33-36-44(50)47-39-42-49(6-3,41-35-38-46)43-40-48-45(51)37-34-32-30-28-26-24-22-20-18-16-14-12-10-8-5-2;1-2-6-7(3,4)5/h19-22H,4-18,23-37,39-43H2,1-3H3,(H-,47,48,50,51);2H2,1H3,(H,3,4,5)/b21-19+,22-20+;. The first kappa shape index (κ1) is 57.8. The van der Waals surface area contributed by atoms with Gasteiger partial charge in [-0.25, -0.2) is 8.42 Å². The number of allylic oxidation sites excluding steroid dienone is 4. The van der Waals surface area contributed by atoms with Crippen LogP contribution >= 0.6 is 0 Å². The van der Waals surface area contributed by atoms with E-state index in [1.54, 1.807) is 0 Å². The van der Waals surface area contributed by atoms with Crippen LogP contribution in [0.1, 0.15) is 214 Å². The Morgan fingerprint density at radius 3 is 1.21 bits per heavy atom. The minimum atomic E-state index is -4.42.